The van der Waals surface area contributed by atoms with Crippen LogP contribution < -0.4 is 0 Å². The summed E-state index contributed by atoms with van der Waals surface area (Å²) in [6, 6.07) is 8.17. The van der Waals surface area contributed by atoms with Gasteiger partial charge >= 0.3 is 0 Å². The summed E-state index contributed by atoms with van der Waals surface area (Å²) in [5.74, 6) is 0. The second kappa shape index (κ2) is 5.03. The first-order valence-corrected chi connectivity index (χ1v) is 5.14. The van der Waals surface area contributed by atoms with Crippen LogP contribution in [0.3, 0.4) is 0 Å². The van der Waals surface area contributed by atoms with Crippen LogP contribution in [0.25, 0.3) is 0 Å². The minimum Gasteiger partial charge on any atom is -0.388 e. The second-order valence-corrected chi connectivity index (χ2v) is 3.11. The number of hydrogen-bond donors (Lipinski definition) is 1. The SMILES string of the molecule is CC.O[C@@H]1CCCc2ccccc21. The van der Waals surface area contributed by atoms with Gasteiger partial charge in [-0.25, -0.2) is 0 Å². The molecule has 0 radical (unpaired) electrons. The van der Waals surface area contributed by atoms with Crippen LogP contribution in [0.4, 0.5) is 0 Å². The number of benzene rings is 1. The fourth-order valence-corrected chi connectivity index (χ4v) is 1.73. The van der Waals surface area contributed by atoms with E-state index in [4.69, 9.17) is 0 Å². The molecular formula is C12H18O. The molecule has 0 amide bonds. The van der Waals surface area contributed by atoms with E-state index in [2.05, 4.69) is 6.07 Å². The third-order valence-corrected chi connectivity index (χ3v) is 2.34. The van der Waals surface area contributed by atoms with Crippen molar-refractivity contribution in [2.24, 2.45) is 0 Å². The fraction of sp³-hybridized carbons (Fsp3) is 0.500. The van der Waals surface area contributed by atoms with Crippen molar-refractivity contribution < 1.29 is 5.11 Å². The van der Waals surface area contributed by atoms with Crippen LogP contribution in [0.15, 0.2) is 24.3 Å². The standard InChI is InChI=1S/C10H12O.C2H6/c11-10-7-3-5-8-4-1-2-6-9(8)10;1-2/h1-2,4,6,10-11H,3,5,7H2;1-2H3/t10-;/m1./s1. The highest BCUT2D eigenvalue weighted by molar-refractivity contribution is 5.30. The molecule has 0 spiro atoms. The van der Waals surface area contributed by atoms with Crippen molar-refractivity contribution in [3.8, 4) is 0 Å². The normalized spacial score (nSPS) is 19.8. The second-order valence-electron chi connectivity index (χ2n) is 3.11. The molecule has 1 nitrogen and oxygen atoms in total. The van der Waals surface area contributed by atoms with Crippen molar-refractivity contribution in [1.82, 2.24) is 0 Å². The first-order valence-electron chi connectivity index (χ1n) is 5.14. The Bertz CT molecular complexity index is 255. The fourth-order valence-electron chi connectivity index (χ4n) is 1.73. The maximum absolute atomic E-state index is 9.56. The Morgan fingerprint density at radius 2 is 1.92 bits per heavy atom. The van der Waals surface area contributed by atoms with Crippen LogP contribution in [0, 0.1) is 0 Å². The molecule has 2 rings (SSSR count). The van der Waals surface area contributed by atoms with Crippen LogP contribution in [0.2, 0.25) is 0 Å². The maximum atomic E-state index is 9.56. The topological polar surface area (TPSA) is 20.2 Å². The van der Waals surface area contributed by atoms with Crippen molar-refractivity contribution in [3.05, 3.63) is 35.4 Å². The van der Waals surface area contributed by atoms with E-state index in [-0.39, 0.29) is 6.10 Å². The summed E-state index contributed by atoms with van der Waals surface area (Å²) in [7, 11) is 0. The summed E-state index contributed by atoms with van der Waals surface area (Å²) in [5.41, 5.74) is 2.46. The molecule has 0 heterocycles. The van der Waals surface area contributed by atoms with E-state index in [1.54, 1.807) is 0 Å². The van der Waals surface area contributed by atoms with E-state index < -0.39 is 0 Å². The van der Waals surface area contributed by atoms with E-state index in [0.717, 1.165) is 24.8 Å². The van der Waals surface area contributed by atoms with Gasteiger partial charge in [0, 0.05) is 0 Å². The Balaban J connectivity index is 0.000000396. The molecule has 0 fully saturated rings. The van der Waals surface area contributed by atoms with Crippen LogP contribution >= 0.6 is 0 Å². The van der Waals surface area contributed by atoms with Crippen molar-refractivity contribution >= 4 is 0 Å². The number of hydrogen-bond acceptors (Lipinski definition) is 1. The van der Waals surface area contributed by atoms with Gasteiger partial charge < -0.3 is 5.11 Å². The molecule has 0 unspecified atom stereocenters. The zero-order chi connectivity index (χ0) is 9.68. The van der Waals surface area contributed by atoms with Gasteiger partial charge in [-0.05, 0) is 30.4 Å². The van der Waals surface area contributed by atoms with Gasteiger partial charge in [-0.3, -0.25) is 0 Å². The van der Waals surface area contributed by atoms with Crippen molar-refractivity contribution in [2.75, 3.05) is 0 Å². The van der Waals surface area contributed by atoms with E-state index in [1.807, 2.05) is 32.0 Å². The summed E-state index contributed by atoms with van der Waals surface area (Å²) in [6.45, 7) is 4.00. The molecule has 1 N–H and O–H groups in total. The van der Waals surface area contributed by atoms with Gasteiger partial charge in [-0.15, -0.1) is 0 Å². The molecule has 1 atom stereocenters. The molecule has 13 heavy (non-hydrogen) atoms. The highest BCUT2D eigenvalue weighted by Gasteiger charge is 2.15. The Kier molecular flexibility index (Phi) is 3.97. The van der Waals surface area contributed by atoms with Gasteiger partial charge in [0.05, 0.1) is 6.10 Å². The van der Waals surface area contributed by atoms with E-state index in [9.17, 15) is 5.11 Å². The zero-order valence-corrected chi connectivity index (χ0v) is 8.46. The lowest BCUT2D eigenvalue weighted by Gasteiger charge is -2.20. The Hall–Kier alpha value is -0.820. The molecule has 0 aliphatic heterocycles. The van der Waals surface area contributed by atoms with Gasteiger partial charge in [-0.2, -0.15) is 0 Å². The summed E-state index contributed by atoms with van der Waals surface area (Å²) in [5, 5.41) is 9.56. The minimum atomic E-state index is -0.208. The zero-order valence-electron chi connectivity index (χ0n) is 8.46. The first kappa shape index (κ1) is 10.3. The Labute approximate surface area is 80.4 Å². The van der Waals surface area contributed by atoms with Gasteiger partial charge in [0.15, 0.2) is 0 Å². The molecule has 0 saturated heterocycles. The average molecular weight is 178 g/mol. The molecule has 1 aliphatic carbocycles. The number of aryl methyl sites for hydroxylation is 1. The predicted octanol–water partition coefficient (Wildman–Crippen LogP) is 3.08. The summed E-state index contributed by atoms with van der Waals surface area (Å²) in [4.78, 5) is 0. The third-order valence-electron chi connectivity index (χ3n) is 2.34. The van der Waals surface area contributed by atoms with Crippen molar-refractivity contribution in [2.45, 2.75) is 39.2 Å². The number of rotatable bonds is 0. The molecule has 0 saturated carbocycles. The minimum absolute atomic E-state index is 0.208. The summed E-state index contributed by atoms with van der Waals surface area (Å²) in [6.07, 6.45) is 2.97. The van der Waals surface area contributed by atoms with Gasteiger partial charge in [0.25, 0.3) is 0 Å². The lowest BCUT2D eigenvalue weighted by molar-refractivity contribution is 0.156. The average Bonchev–Trinajstić information content (AvgIpc) is 2.22. The number of fused-ring (bicyclic) bond motifs is 1. The van der Waals surface area contributed by atoms with E-state index in [1.165, 1.54) is 5.56 Å². The highest BCUT2D eigenvalue weighted by atomic mass is 16.3. The van der Waals surface area contributed by atoms with Crippen LogP contribution in [-0.2, 0) is 6.42 Å². The predicted molar refractivity (Wildman–Crippen MR) is 55.7 cm³/mol. The largest absolute Gasteiger partial charge is 0.388 e. The molecule has 1 aromatic rings. The van der Waals surface area contributed by atoms with Gasteiger partial charge in [0.2, 0.25) is 0 Å². The van der Waals surface area contributed by atoms with Gasteiger partial charge in [-0.1, -0.05) is 38.1 Å². The third kappa shape index (κ3) is 2.31. The van der Waals surface area contributed by atoms with Gasteiger partial charge in [0.1, 0.15) is 0 Å². The Morgan fingerprint density at radius 3 is 2.62 bits per heavy atom. The molecule has 1 aliphatic rings. The molecule has 1 aromatic carbocycles. The summed E-state index contributed by atoms with van der Waals surface area (Å²) >= 11 is 0. The van der Waals surface area contributed by atoms with Crippen LogP contribution in [0.5, 0.6) is 0 Å². The Morgan fingerprint density at radius 1 is 1.23 bits per heavy atom. The maximum Gasteiger partial charge on any atom is 0.0792 e. The van der Waals surface area contributed by atoms with Crippen molar-refractivity contribution in [3.63, 3.8) is 0 Å². The molecule has 0 aromatic heterocycles. The molecule has 1 heteroatoms. The van der Waals surface area contributed by atoms with Crippen LogP contribution in [0.1, 0.15) is 43.9 Å². The highest BCUT2D eigenvalue weighted by Crippen LogP contribution is 2.28. The smallest absolute Gasteiger partial charge is 0.0792 e. The van der Waals surface area contributed by atoms with E-state index in [0.29, 0.717) is 0 Å². The first-order chi connectivity index (χ1) is 6.38. The molecule has 72 valence electrons. The van der Waals surface area contributed by atoms with Crippen molar-refractivity contribution in [1.29, 1.82) is 0 Å². The monoisotopic (exact) mass is 178 g/mol. The number of aliphatic hydroxyl groups is 1. The lowest BCUT2D eigenvalue weighted by Crippen LogP contribution is -2.08. The lowest BCUT2D eigenvalue weighted by atomic mass is 9.90. The number of aliphatic hydroxyl groups excluding tert-OH is 1. The molecule has 0 bridgehead atoms. The quantitative estimate of drug-likeness (QED) is 0.647. The summed E-state index contributed by atoms with van der Waals surface area (Å²) < 4.78 is 0. The molecular weight excluding hydrogens is 160 g/mol. The van der Waals surface area contributed by atoms with E-state index >= 15 is 0 Å². The van der Waals surface area contributed by atoms with Crippen LogP contribution in [-0.4, -0.2) is 5.11 Å².